The predicted molar refractivity (Wildman–Crippen MR) is 85.4 cm³/mol. The van der Waals surface area contributed by atoms with Crippen LogP contribution in [-0.2, 0) is 9.59 Å². The lowest BCUT2D eigenvalue weighted by Gasteiger charge is -2.01. The molecule has 124 valence electrons. The lowest BCUT2D eigenvalue weighted by molar-refractivity contribution is -0.139. The summed E-state index contributed by atoms with van der Waals surface area (Å²) in [5, 5.41) is 28.3. The van der Waals surface area contributed by atoms with Gasteiger partial charge in [-0.1, -0.05) is 11.6 Å². The van der Waals surface area contributed by atoms with Gasteiger partial charge in [-0.05, 0) is 24.3 Å². The number of benzene rings is 1. The fourth-order valence-corrected chi connectivity index (χ4v) is 2.21. The van der Waals surface area contributed by atoms with Crippen LogP contribution >= 0.6 is 11.6 Å². The minimum absolute atomic E-state index is 0.0462. The van der Waals surface area contributed by atoms with Crippen molar-refractivity contribution >= 4 is 40.5 Å². The number of halogens is 1. The van der Waals surface area contributed by atoms with Crippen LogP contribution in [0.5, 0.6) is 5.75 Å². The van der Waals surface area contributed by atoms with Gasteiger partial charge >= 0.3 is 11.9 Å². The number of carboxylic acids is 2. The summed E-state index contributed by atoms with van der Waals surface area (Å²) in [7, 11) is 0. The molecule has 0 spiro atoms. The molecule has 0 radical (unpaired) electrons. The molecule has 0 aliphatic rings. The first-order valence-electron chi connectivity index (χ1n) is 6.45. The first-order chi connectivity index (χ1) is 11.2. The standard InChI is InChI=1S/C15H10ClNO7/c16-7-1-2-8-10(5-7)17-14(22)13(21)9(12(8)20)3-6(15(23)24)4-11(18)19/h1-3,5,20H,4H2,(H,18,19)(H,23,24)(H,17,21,22). The SMILES string of the molecule is O=C(O)CC(=Cc1c(O)c2ccc(Cl)cc2[nH]c(=O)c1=O)C(=O)O. The van der Waals surface area contributed by atoms with Crippen LogP contribution in [0.25, 0.3) is 17.0 Å². The van der Waals surface area contributed by atoms with Gasteiger partial charge in [0.2, 0.25) is 0 Å². The highest BCUT2D eigenvalue weighted by Crippen LogP contribution is 2.27. The maximum Gasteiger partial charge on any atom is 0.332 e. The van der Waals surface area contributed by atoms with Gasteiger partial charge in [-0.15, -0.1) is 0 Å². The van der Waals surface area contributed by atoms with Gasteiger partial charge in [-0.25, -0.2) is 4.79 Å². The first-order valence-corrected chi connectivity index (χ1v) is 6.83. The average Bonchev–Trinajstić information content (AvgIpc) is 2.56. The number of carboxylic acid groups (broad SMARTS) is 2. The molecule has 9 heteroatoms. The van der Waals surface area contributed by atoms with E-state index < -0.39 is 46.2 Å². The molecular formula is C15H10ClNO7. The van der Waals surface area contributed by atoms with Crippen LogP contribution in [0.3, 0.4) is 0 Å². The van der Waals surface area contributed by atoms with Gasteiger partial charge in [0.05, 0.1) is 17.5 Å². The number of fused-ring (bicyclic) bond motifs is 1. The number of carbonyl (C=O) groups is 2. The number of aliphatic carboxylic acids is 2. The smallest absolute Gasteiger partial charge is 0.332 e. The minimum atomic E-state index is -1.59. The molecule has 0 bridgehead atoms. The summed E-state index contributed by atoms with van der Waals surface area (Å²) in [4.78, 5) is 48.1. The zero-order valence-corrected chi connectivity index (χ0v) is 12.6. The van der Waals surface area contributed by atoms with E-state index in [4.69, 9.17) is 21.8 Å². The summed E-state index contributed by atoms with van der Waals surface area (Å²) in [6.45, 7) is 0. The van der Waals surface area contributed by atoms with E-state index >= 15 is 0 Å². The molecule has 1 aromatic heterocycles. The highest BCUT2D eigenvalue weighted by Gasteiger charge is 2.17. The molecule has 0 amide bonds. The molecule has 2 aromatic rings. The fourth-order valence-electron chi connectivity index (χ4n) is 2.04. The predicted octanol–water partition coefficient (Wildman–Crippen LogP) is 1.19. The van der Waals surface area contributed by atoms with E-state index in [0.29, 0.717) is 6.08 Å². The molecule has 0 aliphatic heterocycles. The van der Waals surface area contributed by atoms with E-state index in [2.05, 4.69) is 4.98 Å². The Morgan fingerprint density at radius 3 is 2.46 bits per heavy atom. The van der Waals surface area contributed by atoms with Crippen molar-refractivity contribution in [3.8, 4) is 5.75 Å². The molecular weight excluding hydrogens is 342 g/mol. The van der Waals surface area contributed by atoms with Crippen molar-refractivity contribution in [3.63, 3.8) is 0 Å². The third-order valence-electron chi connectivity index (χ3n) is 3.13. The number of rotatable bonds is 4. The highest BCUT2D eigenvalue weighted by molar-refractivity contribution is 6.31. The Labute approximate surface area is 138 Å². The molecule has 1 aromatic carbocycles. The summed E-state index contributed by atoms with van der Waals surface area (Å²) in [5.41, 5.74) is -3.54. The Hall–Kier alpha value is -3.13. The Morgan fingerprint density at radius 2 is 1.88 bits per heavy atom. The summed E-state index contributed by atoms with van der Waals surface area (Å²) < 4.78 is 0. The zero-order chi connectivity index (χ0) is 18.0. The van der Waals surface area contributed by atoms with Gasteiger partial charge in [-0.2, -0.15) is 0 Å². The molecule has 0 saturated heterocycles. The second-order valence-electron chi connectivity index (χ2n) is 4.78. The van der Waals surface area contributed by atoms with Crippen LogP contribution in [0.1, 0.15) is 12.0 Å². The van der Waals surface area contributed by atoms with E-state index in [0.717, 1.165) is 0 Å². The Kier molecular flexibility index (Phi) is 4.70. The second-order valence-corrected chi connectivity index (χ2v) is 5.22. The second kappa shape index (κ2) is 6.55. The molecule has 0 saturated carbocycles. The number of nitrogens with one attached hydrogen (secondary N) is 1. The van der Waals surface area contributed by atoms with Crippen LogP contribution in [0.15, 0.2) is 33.4 Å². The van der Waals surface area contributed by atoms with Crippen molar-refractivity contribution in [2.45, 2.75) is 6.42 Å². The van der Waals surface area contributed by atoms with Crippen LogP contribution in [0.2, 0.25) is 5.02 Å². The van der Waals surface area contributed by atoms with E-state index in [9.17, 15) is 24.3 Å². The fraction of sp³-hybridized carbons (Fsp3) is 0.0667. The van der Waals surface area contributed by atoms with Crippen LogP contribution in [-0.4, -0.2) is 32.2 Å². The van der Waals surface area contributed by atoms with Gasteiger partial charge in [-0.3, -0.25) is 14.4 Å². The lowest BCUT2D eigenvalue weighted by Crippen LogP contribution is -2.25. The molecule has 1 heterocycles. The number of hydrogen-bond acceptors (Lipinski definition) is 5. The number of H-pyrrole nitrogens is 1. The molecule has 8 nitrogen and oxygen atoms in total. The van der Waals surface area contributed by atoms with E-state index in [1.165, 1.54) is 18.2 Å². The Bertz CT molecular complexity index is 1010. The Balaban J connectivity index is 2.91. The minimum Gasteiger partial charge on any atom is -0.506 e. The average molecular weight is 352 g/mol. The van der Waals surface area contributed by atoms with Crippen LogP contribution in [0.4, 0.5) is 0 Å². The van der Waals surface area contributed by atoms with E-state index in [1.54, 1.807) is 0 Å². The molecule has 0 aliphatic carbocycles. The number of aromatic amines is 1. The van der Waals surface area contributed by atoms with Crippen LogP contribution in [0, 0.1) is 0 Å². The first kappa shape index (κ1) is 17.2. The number of aromatic hydroxyl groups is 1. The van der Waals surface area contributed by atoms with Crippen molar-refractivity contribution in [2.75, 3.05) is 0 Å². The van der Waals surface area contributed by atoms with Gasteiger partial charge in [0, 0.05) is 16.0 Å². The van der Waals surface area contributed by atoms with E-state index in [1.807, 2.05) is 0 Å². The van der Waals surface area contributed by atoms with Crippen LogP contribution < -0.4 is 11.0 Å². The largest absolute Gasteiger partial charge is 0.506 e. The molecule has 0 fully saturated rings. The van der Waals surface area contributed by atoms with Crippen molar-refractivity contribution in [3.05, 3.63) is 54.9 Å². The highest BCUT2D eigenvalue weighted by atomic mass is 35.5. The summed E-state index contributed by atoms with van der Waals surface area (Å²) in [6, 6.07) is 4.03. The lowest BCUT2D eigenvalue weighted by atomic mass is 10.1. The summed E-state index contributed by atoms with van der Waals surface area (Å²) in [6.07, 6.45) is -0.216. The van der Waals surface area contributed by atoms with Gasteiger partial charge in [0.25, 0.3) is 11.0 Å². The van der Waals surface area contributed by atoms with Crippen molar-refractivity contribution in [2.24, 2.45) is 0 Å². The topological polar surface area (TPSA) is 145 Å². The monoisotopic (exact) mass is 351 g/mol. The maximum atomic E-state index is 12.1. The molecule has 24 heavy (non-hydrogen) atoms. The van der Waals surface area contributed by atoms with E-state index in [-0.39, 0.29) is 15.9 Å². The summed E-state index contributed by atoms with van der Waals surface area (Å²) in [5.74, 6) is -3.69. The van der Waals surface area contributed by atoms with Gasteiger partial charge in [0.1, 0.15) is 5.75 Å². The van der Waals surface area contributed by atoms with Gasteiger partial charge < -0.3 is 20.3 Å². The van der Waals surface area contributed by atoms with Crippen molar-refractivity contribution < 1.29 is 24.9 Å². The molecule has 4 N–H and O–H groups in total. The number of aromatic nitrogens is 1. The quantitative estimate of drug-likeness (QED) is 0.478. The van der Waals surface area contributed by atoms with Crippen molar-refractivity contribution in [1.82, 2.24) is 4.98 Å². The zero-order valence-electron chi connectivity index (χ0n) is 11.9. The molecule has 0 atom stereocenters. The maximum absolute atomic E-state index is 12.1. The molecule has 0 unspecified atom stereocenters. The van der Waals surface area contributed by atoms with Crippen molar-refractivity contribution in [1.29, 1.82) is 0 Å². The third-order valence-corrected chi connectivity index (χ3v) is 3.36. The number of hydrogen-bond donors (Lipinski definition) is 4. The van der Waals surface area contributed by atoms with Gasteiger partial charge in [0.15, 0.2) is 0 Å². The molecule has 2 rings (SSSR count). The summed E-state index contributed by atoms with van der Waals surface area (Å²) >= 11 is 5.79. The third kappa shape index (κ3) is 3.44. The Morgan fingerprint density at radius 1 is 1.21 bits per heavy atom. The normalized spacial score (nSPS) is 11.5.